The topological polar surface area (TPSA) is 84.9 Å². The zero-order valence-corrected chi connectivity index (χ0v) is 15.9. The lowest BCUT2D eigenvalue weighted by molar-refractivity contribution is 0.414. The standard InChI is InChI=1S/C21H24N6O/c1-28-18-6-4-15(5-7-18)9-19-21(25-12-17-3-2-8-24-17)26-13-20(27-19)16-10-22-14-23-11-16/h4-7,10-11,13-14,17,24H,2-3,8-9,12H2,1H3,(H,25,26). The van der Waals surface area contributed by atoms with Gasteiger partial charge in [0.15, 0.2) is 0 Å². The predicted octanol–water partition coefficient (Wildman–Crippen LogP) is 2.70. The van der Waals surface area contributed by atoms with E-state index in [0.29, 0.717) is 12.5 Å². The zero-order valence-electron chi connectivity index (χ0n) is 15.9. The summed E-state index contributed by atoms with van der Waals surface area (Å²) in [6, 6.07) is 8.53. The van der Waals surface area contributed by atoms with E-state index in [1.807, 2.05) is 12.1 Å². The monoisotopic (exact) mass is 376 g/mol. The molecule has 3 aromatic rings. The highest BCUT2D eigenvalue weighted by molar-refractivity contribution is 5.58. The molecule has 0 saturated carbocycles. The molecule has 7 nitrogen and oxygen atoms in total. The first-order valence-corrected chi connectivity index (χ1v) is 9.53. The van der Waals surface area contributed by atoms with E-state index in [1.54, 1.807) is 25.7 Å². The first-order chi connectivity index (χ1) is 13.8. The van der Waals surface area contributed by atoms with Gasteiger partial charge in [-0.25, -0.2) is 19.9 Å². The van der Waals surface area contributed by atoms with Crippen LogP contribution in [0.3, 0.4) is 0 Å². The number of anilines is 1. The third-order valence-electron chi connectivity index (χ3n) is 4.91. The van der Waals surface area contributed by atoms with Crippen LogP contribution in [0, 0.1) is 0 Å². The highest BCUT2D eigenvalue weighted by Gasteiger charge is 2.16. The Morgan fingerprint density at radius 1 is 1.14 bits per heavy atom. The number of rotatable bonds is 7. The Bertz CT molecular complexity index is 895. The minimum Gasteiger partial charge on any atom is -0.497 e. The van der Waals surface area contributed by atoms with Crippen LogP contribution in [0.4, 0.5) is 5.82 Å². The molecule has 144 valence electrons. The van der Waals surface area contributed by atoms with Crippen molar-refractivity contribution in [3.63, 3.8) is 0 Å². The highest BCUT2D eigenvalue weighted by atomic mass is 16.5. The molecule has 2 aromatic heterocycles. The first kappa shape index (κ1) is 18.3. The van der Waals surface area contributed by atoms with Gasteiger partial charge < -0.3 is 15.4 Å². The van der Waals surface area contributed by atoms with Gasteiger partial charge in [-0.15, -0.1) is 0 Å². The summed E-state index contributed by atoms with van der Waals surface area (Å²) in [4.78, 5) is 17.7. The Kier molecular flexibility index (Phi) is 5.72. The second kappa shape index (κ2) is 8.75. The number of ether oxygens (including phenoxy) is 1. The van der Waals surface area contributed by atoms with Crippen LogP contribution in [0.25, 0.3) is 11.3 Å². The van der Waals surface area contributed by atoms with E-state index < -0.39 is 0 Å². The number of benzene rings is 1. The molecule has 1 aromatic carbocycles. The van der Waals surface area contributed by atoms with Gasteiger partial charge in [-0.3, -0.25) is 0 Å². The van der Waals surface area contributed by atoms with Gasteiger partial charge in [0.05, 0.1) is 24.7 Å². The van der Waals surface area contributed by atoms with Crippen molar-refractivity contribution in [1.29, 1.82) is 0 Å². The van der Waals surface area contributed by atoms with E-state index in [4.69, 9.17) is 9.72 Å². The maximum atomic E-state index is 5.25. The number of hydrogen-bond donors (Lipinski definition) is 2. The van der Waals surface area contributed by atoms with Crippen molar-refractivity contribution >= 4 is 5.82 Å². The van der Waals surface area contributed by atoms with Crippen LogP contribution in [0.15, 0.2) is 49.2 Å². The van der Waals surface area contributed by atoms with E-state index in [9.17, 15) is 0 Å². The van der Waals surface area contributed by atoms with E-state index in [0.717, 1.165) is 47.2 Å². The normalized spacial score (nSPS) is 16.1. The van der Waals surface area contributed by atoms with Crippen molar-refractivity contribution in [3.05, 3.63) is 60.4 Å². The fourth-order valence-corrected chi connectivity index (χ4v) is 3.36. The molecular formula is C21H24N6O. The van der Waals surface area contributed by atoms with Crippen LogP contribution in [-0.4, -0.2) is 46.2 Å². The van der Waals surface area contributed by atoms with Gasteiger partial charge in [-0.2, -0.15) is 0 Å². The third-order valence-corrected chi connectivity index (χ3v) is 4.91. The molecule has 28 heavy (non-hydrogen) atoms. The quantitative estimate of drug-likeness (QED) is 0.656. The maximum absolute atomic E-state index is 5.25. The first-order valence-electron chi connectivity index (χ1n) is 9.53. The van der Waals surface area contributed by atoms with Crippen molar-refractivity contribution in [2.75, 3.05) is 25.5 Å². The van der Waals surface area contributed by atoms with Crippen LogP contribution in [0.2, 0.25) is 0 Å². The minimum absolute atomic E-state index is 0.484. The molecule has 1 aliphatic heterocycles. The lowest BCUT2D eigenvalue weighted by atomic mass is 10.1. The molecule has 0 amide bonds. The average Bonchev–Trinajstić information content (AvgIpc) is 3.28. The molecule has 1 fully saturated rings. The predicted molar refractivity (Wildman–Crippen MR) is 108 cm³/mol. The van der Waals surface area contributed by atoms with Gasteiger partial charge in [0.25, 0.3) is 0 Å². The van der Waals surface area contributed by atoms with Crippen molar-refractivity contribution < 1.29 is 4.74 Å². The molecule has 7 heteroatoms. The second-order valence-electron chi connectivity index (χ2n) is 6.88. The van der Waals surface area contributed by atoms with Crippen molar-refractivity contribution in [1.82, 2.24) is 25.3 Å². The Balaban J connectivity index is 1.59. The summed E-state index contributed by atoms with van der Waals surface area (Å²) in [5.41, 5.74) is 3.69. The van der Waals surface area contributed by atoms with E-state index in [2.05, 4.69) is 37.7 Å². The van der Waals surface area contributed by atoms with Crippen LogP contribution in [-0.2, 0) is 6.42 Å². The van der Waals surface area contributed by atoms with Crippen LogP contribution < -0.4 is 15.4 Å². The summed E-state index contributed by atoms with van der Waals surface area (Å²) >= 11 is 0. The molecule has 4 rings (SSSR count). The van der Waals surface area contributed by atoms with Gasteiger partial charge in [0.1, 0.15) is 17.9 Å². The minimum atomic E-state index is 0.484. The average molecular weight is 376 g/mol. The summed E-state index contributed by atoms with van der Waals surface area (Å²) < 4.78 is 5.25. The SMILES string of the molecule is COc1ccc(Cc2nc(-c3cncnc3)cnc2NCC2CCCN2)cc1. The number of hydrogen-bond acceptors (Lipinski definition) is 7. The van der Waals surface area contributed by atoms with E-state index >= 15 is 0 Å². The lowest BCUT2D eigenvalue weighted by Gasteiger charge is -2.15. The van der Waals surface area contributed by atoms with Crippen LogP contribution in [0.5, 0.6) is 5.75 Å². The van der Waals surface area contributed by atoms with E-state index in [1.165, 1.54) is 19.2 Å². The zero-order chi connectivity index (χ0) is 19.2. The smallest absolute Gasteiger partial charge is 0.148 e. The van der Waals surface area contributed by atoms with Gasteiger partial charge in [0, 0.05) is 37.0 Å². The van der Waals surface area contributed by atoms with Crippen molar-refractivity contribution in [2.24, 2.45) is 0 Å². The Hall–Kier alpha value is -3.06. The fourth-order valence-electron chi connectivity index (χ4n) is 3.36. The number of nitrogens with one attached hydrogen (secondary N) is 2. The second-order valence-corrected chi connectivity index (χ2v) is 6.88. The summed E-state index contributed by atoms with van der Waals surface area (Å²) in [5, 5.41) is 6.99. The molecule has 1 unspecified atom stereocenters. The van der Waals surface area contributed by atoms with Crippen LogP contribution >= 0.6 is 0 Å². The van der Waals surface area contributed by atoms with Gasteiger partial charge in [-0.05, 0) is 37.1 Å². The molecule has 0 spiro atoms. The largest absolute Gasteiger partial charge is 0.497 e. The molecule has 0 radical (unpaired) electrons. The van der Waals surface area contributed by atoms with Crippen molar-refractivity contribution in [2.45, 2.75) is 25.3 Å². The number of aromatic nitrogens is 4. The molecule has 0 bridgehead atoms. The van der Waals surface area contributed by atoms with E-state index in [-0.39, 0.29) is 0 Å². The maximum Gasteiger partial charge on any atom is 0.148 e. The Morgan fingerprint density at radius 2 is 1.96 bits per heavy atom. The molecule has 1 aliphatic rings. The Morgan fingerprint density at radius 3 is 2.68 bits per heavy atom. The molecular weight excluding hydrogens is 352 g/mol. The Labute approximate surface area is 164 Å². The molecule has 0 aliphatic carbocycles. The van der Waals surface area contributed by atoms with Crippen molar-refractivity contribution in [3.8, 4) is 17.0 Å². The molecule has 1 saturated heterocycles. The molecule has 2 N–H and O–H groups in total. The third kappa shape index (κ3) is 4.43. The fraction of sp³-hybridized carbons (Fsp3) is 0.333. The summed E-state index contributed by atoms with van der Waals surface area (Å²) in [5.74, 6) is 1.67. The highest BCUT2D eigenvalue weighted by Crippen LogP contribution is 2.22. The van der Waals surface area contributed by atoms with Gasteiger partial charge >= 0.3 is 0 Å². The van der Waals surface area contributed by atoms with Crippen LogP contribution in [0.1, 0.15) is 24.1 Å². The molecule has 3 heterocycles. The van der Waals surface area contributed by atoms with Gasteiger partial charge in [0.2, 0.25) is 0 Å². The lowest BCUT2D eigenvalue weighted by Crippen LogP contribution is -2.30. The molecule has 1 atom stereocenters. The number of nitrogens with zero attached hydrogens (tertiary/aromatic N) is 4. The summed E-state index contributed by atoms with van der Waals surface area (Å²) in [6.45, 7) is 1.93. The number of methoxy groups -OCH3 is 1. The summed E-state index contributed by atoms with van der Waals surface area (Å²) in [6.07, 6.45) is 9.89. The van der Waals surface area contributed by atoms with Gasteiger partial charge in [-0.1, -0.05) is 12.1 Å². The summed E-state index contributed by atoms with van der Waals surface area (Å²) in [7, 11) is 1.67.